The van der Waals surface area contributed by atoms with Gasteiger partial charge in [-0.3, -0.25) is 9.48 Å². The molecule has 0 bridgehead atoms. The predicted molar refractivity (Wildman–Crippen MR) is 55.8 cm³/mol. The van der Waals surface area contributed by atoms with Gasteiger partial charge in [0.15, 0.2) is 6.29 Å². The zero-order valence-electron chi connectivity index (χ0n) is 7.90. The molecule has 1 aromatic rings. The minimum absolute atomic E-state index is 0.594. The van der Waals surface area contributed by atoms with Gasteiger partial charge in [0.25, 0.3) is 0 Å². The molecular formula is C10H12N2OS. The number of thioether (sulfide) groups is 1. The van der Waals surface area contributed by atoms with Crippen LogP contribution in [0.15, 0.2) is 0 Å². The summed E-state index contributed by atoms with van der Waals surface area (Å²) in [4.78, 5) is 10.9. The second-order valence-corrected chi connectivity index (χ2v) is 5.01. The average Bonchev–Trinajstić information content (AvgIpc) is 3.00. The number of aromatic nitrogens is 2. The molecule has 0 N–H and O–H groups in total. The molecule has 0 aromatic carbocycles. The highest BCUT2D eigenvalue weighted by Gasteiger charge is 2.30. The van der Waals surface area contributed by atoms with Crippen LogP contribution in [0.1, 0.15) is 40.6 Å². The quantitative estimate of drug-likeness (QED) is 0.695. The van der Waals surface area contributed by atoms with Crippen molar-refractivity contribution in [3.05, 3.63) is 17.0 Å². The van der Waals surface area contributed by atoms with Gasteiger partial charge in [-0.1, -0.05) is 0 Å². The van der Waals surface area contributed by atoms with E-state index < -0.39 is 0 Å². The molecule has 2 aliphatic rings. The largest absolute Gasteiger partial charge is 0.296 e. The Kier molecular flexibility index (Phi) is 1.90. The Bertz CT molecular complexity index is 382. The normalized spacial score (nSPS) is 20.6. The van der Waals surface area contributed by atoms with Crippen molar-refractivity contribution in [2.24, 2.45) is 0 Å². The Hall–Kier alpha value is -0.770. The highest BCUT2D eigenvalue weighted by atomic mass is 32.2. The molecule has 0 unspecified atom stereocenters. The van der Waals surface area contributed by atoms with Gasteiger partial charge in [0.2, 0.25) is 0 Å². The van der Waals surface area contributed by atoms with E-state index in [-0.39, 0.29) is 0 Å². The van der Waals surface area contributed by atoms with Crippen molar-refractivity contribution in [1.82, 2.24) is 9.78 Å². The van der Waals surface area contributed by atoms with Crippen LogP contribution in [0.4, 0.5) is 0 Å². The number of carbonyl (C=O) groups is 1. The fourth-order valence-electron chi connectivity index (χ4n) is 2.01. The minimum Gasteiger partial charge on any atom is -0.296 e. The van der Waals surface area contributed by atoms with Crippen molar-refractivity contribution in [3.63, 3.8) is 0 Å². The van der Waals surface area contributed by atoms with Crippen LogP contribution >= 0.6 is 11.8 Å². The molecule has 3 rings (SSSR count). The first kappa shape index (κ1) is 8.53. The number of hydrogen-bond acceptors (Lipinski definition) is 3. The number of aldehydes is 1. The van der Waals surface area contributed by atoms with Crippen LogP contribution in [-0.2, 0) is 12.2 Å². The van der Waals surface area contributed by atoms with Crippen LogP contribution in [0.25, 0.3) is 0 Å². The molecule has 0 atom stereocenters. The third-order valence-electron chi connectivity index (χ3n) is 2.89. The van der Waals surface area contributed by atoms with Gasteiger partial charge in [0.1, 0.15) is 5.69 Å². The fourth-order valence-corrected chi connectivity index (χ4v) is 3.00. The van der Waals surface area contributed by atoms with E-state index in [4.69, 9.17) is 0 Å². The summed E-state index contributed by atoms with van der Waals surface area (Å²) in [5, 5.41) is 4.41. The van der Waals surface area contributed by atoms with Gasteiger partial charge < -0.3 is 0 Å². The molecule has 1 aliphatic carbocycles. The molecule has 1 saturated carbocycles. The van der Waals surface area contributed by atoms with Gasteiger partial charge in [-0.15, -0.1) is 0 Å². The standard InChI is InChI=1S/C10H12N2OS/c13-5-9-8-3-4-14-6-10(8)12(11-9)7-1-2-7/h5,7H,1-4,6H2. The first-order valence-electron chi connectivity index (χ1n) is 5.03. The van der Waals surface area contributed by atoms with Crippen molar-refractivity contribution in [2.45, 2.75) is 31.1 Å². The van der Waals surface area contributed by atoms with Crippen molar-refractivity contribution >= 4 is 18.0 Å². The maximum Gasteiger partial charge on any atom is 0.170 e. The number of nitrogens with zero attached hydrogens (tertiary/aromatic N) is 2. The van der Waals surface area contributed by atoms with E-state index in [1.807, 2.05) is 11.8 Å². The Morgan fingerprint density at radius 2 is 2.36 bits per heavy atom. The smallest absolute Gasteiger partial charge is 0.170 e. The molecule has 4 heteroatoms. The van der Waals surface area contributed by atoms with Gasteiger partial charge >= 0.3 is 0 Å². The van der Waals surface area contributed by atoms with Gasteiger partial charge in [0.05, 0.1) is 11.7 Å². The van der Waals surface area contributed by atoms with E-state index in [0.29, 0.717) is 11.7 Å². The van der Waals surface area contributed by atoms with Crippen LogP contribution in [-0.4, -0.2) is 21.8 Å². The summed E-state index contributed by atoms with van der Waals surface area (Å²) in [7, 11) is 0. The maximum atomic E-state index is 10.9. The van der Waals surface area contributed by atoms with Crippen molar-refractivity contribution < 1.29 is 4.79 Å². The van der Waals surface area contributed by atoms with E-state index in [9.17, 15) is 4.79 Å². The molecular weight excluding hydrogens is 196 g/mol. The van der Waals surface area contributed by atoms with E-state index in [0.717, 1.165) is 24.2 Å². The van der Waals surface area contributed by atoms with Gasteiger partial charge in [-0.05, 0) is 25.0 Å². The lowest BCUT2D eigenvalue weighted by molar-refractivity contribution is 0.111. The van der Waals surface area contributed by atoms with Crippen molar-refractivity contribution in [2.75, 3.05) is 5.75 Å². The SMILES string of the molecule is O=Cc1nn(C2CC2)c2c1CCSC2. The molecule has 74 valence electrons. The fraction of sp³-hybridized carbons (Fsp3) is 0.600. The predicted octanol–water partition coefficient (Wildman–Crippen LogP) is 1.82. The molecule has 0 radical (unpaired) electrons. The summed E-state index contributed by atoms with van der Waals surface area (Å²) in [6.07, 6.45) is 4.39. The highest BCUT2D eigenvalue weighted by Crippen LogP contribution is 2.38. The highest BCUT2D eigenvalue weighted by molar-refractivity contribution is 7.98. The summed E-state index contributed by atoms with van der Waals surface area (Å²) in [6, 6.07) is 0.594. The molecule has 1 aromatic heterocycles. The van der Waals surface area contributed by atoms with Crippen LogP contribution in [0, 0.1) is 0 Å². The zero-order chi connectivity index (χ0) is 9.54. The van der Waals surface area contributed by atoms with Gasteiger partial charge in [0, 0.05) is 11.3 Å². The van der Waals surface area contributed by atoms with E-state index in [1.165, 1.54) is 24.1 Å². The summed E-state index contributed by atoms with van der Waals surface area (Å²) in [5.41, 5.74) is 3.21. The minimum atomic E-state index is 0.594. The summed E-state index contributed by atoms with van der Waals surface area (Å²) < 4.78 is 2.10. The number of hydrogen-bond donors (Lipinski definition) is 0. The lowest BCUT2D eigenvalue weighted by atomic mass is 10.1. The second-order valence-electron chi connectivity index (χ2n) is 3.91. The zero-order valence-corrected chi connectivity index (χ0v) is 8.72. The van der Waals surface area contributed by atoms with Crippen LogP contribution in [0.2, 0.25) is 0 Å². The molecule has 3 nitrogen and oxygen atoms in total. The molecule has 14 heavy (non-hydrogen) atoms. The molecule has 1 aliphatic heterocycles. The molecule has 0 saturated heterocycles. The Morgan fingerprint density at radius 3 is 3.07 bits per heavy atom. The molecule has 2 heterocycles. The van der Waals surface area contributed by atoms with E-state index >= 15 is 0 Å². The lowest BCUT2D eigenvalue weighted by Gasteiger charge is -2.13. The molecule has 1 fully saturated rings. The van der Waals surface area contributed by atoms with Crippen LogP contribution in [0.5, 0.6) is 0 Å². The monoisotopic (exact) mass is 208 g/mol. The number of carbonyl (C=O) groups excluding carboxylic acids is 1. The van der Waals surface area contributed by atoms with E-state index in [2.05, 4.69) is 9.78 Å². The first-order valence-corrected chi connectivity index (χ1v) is 6.19. The van der Waals surface area contributed by atoms with Crippen molar-refractivity contribution in [1.29, 1.82) is 0 Å². The number of fused-ring (bicyclic) bond motifs is 1. The summed E-state index contributed by atoms with van der Waals surface area (Å²) in [5.74, 6) is 2.16. The van der Waals surface area contributed by atoms with Crippen molar-refractivity contribution in [3.8, 4) is 0 Å². The Morgan fingerprint density at radius 1 is 1.50 bits per heavy atom. The third kappa shape index (κ3) is 1.21. The maximum absolute atomic E-state index is 10.9. The van der Waals surface area contributed by atoms with E-state index in [1.54, 1.807) is 0 Å². The van der Waals surface area contributed by atoms with Gasteiger partial charge in [-0.2, -0.15) is 16.9 Å². The Labute approximate surface area is 86.9 Å². The third-order valence-corrected chi connectivity index (χ3v) is 3.86. The summed E-state index contributed by atoms with van der Waals surface area (Å²) >= 11 is 1.94. The summed E-state index contributed by atoms with van der Waals surface area (Å²) in [6.45, 7) is 0. The molecule has 0 amide bonds. The Balaban J connectivity index is 2.11. The number of rotatable bonds is 2. The van der Waals surface area contributed by atoms with Crippen LogP contribution < -0.4 is 0 Å². The second kappa shape index (κ2) is 3.12. The first-order chi connectivity index (χ1) is 6.90. The van der Waals surface area contributed by atoms with Crippen LogP contribution in [0.3, 0.4) is 0 Å². The average molecular weight is 208 g/mol. The van der Waals surface area contributed by atoms with Gasteiger partial charge in [-0.25, -0.2) is 0 Å². The lowest BCUT2D eigenvalue weighted by Crippen LogP contribution is -2.07. The molecule has 0 spiro atoms. The topological polar surface area (TPSA) is 34.9 Å².